The van der Waals surface area contributed by atoms with E-state index < -0.39 is 0 Å². The molecule has 2 N–H and O–H groups in total. The average Bonchev–Trinajstić information content (AvgIpc) is 2.45. The molecule has 15 heavy (non-hydrogen) atoms. The Morgan fingerprint density at radius 2 is 0.400 bits per heavy atom. The van der Waals surface area contributed by atoms with Crippen LogP contribution < -0.4 is 0 Å². The first-order valence-electron chi connectivity index (χ1n) is 1.75. The fourth-order valence-corrected chi connectivity index (χ4v) is 0. The van der Waals surface area contributed by atoms with Crippen LogP contribution in [-0.2, 0) is 17.1 Å². The molecular formula is C6H8FeN6O2. The van der Waals surface area contributed by atoms with Gasteiger partial charge in [0.05, 0.1) is 0 Å². The van der Waals surface area contributed by atoms with Crippen LogP contribution in [0.25, 0.3) is 0 Å². The smallest absolute Gasteiger partial charge is 0.0462 e. The van der Waals surface area contributed by atoms with E-state index in [4.69, 9.17) is 42.1 Å². The summed E-state index contributed by atoms with van der Waals surface area (Å²) in [5, 5.41) is 51.0. The Kier molecular flexibility index (Phi) is 995. The van der Waals surface area contributed by atoms with E-state index in [0.717, 1.165) is 0 Å². The van der Waals surface area contributed by atoms with Gasteiger partial charge in [0.2, 0.25) is 0 Å². The van der Waals surface area contributed by atoms with Crippen molar-refractivity contribution in [1.29, 1.82) is 31.6 Å². The third kappa shape index (κ3) is 146. The van der Waals surface area contributed by atoms with Crippen LogP contribution >= 0.6 is 0 Å². The molecule has 0 aromatic carbocycles. The molecule has 0 aliphatic carbocycles. The second kappa shape index (κ2) is 179. The van der Waals surface area contributed by atoms with Gasteiger partial charge in [-0.05, 0) is 0 Å². The molecule has 82 valence electrons. The number of rotatable bonds is 0. The van der Waals surface area contributed by atoms with Gasteiger partial charge in [0.1, 0.15) is 0 Å². The maximum Gasteiger partial charge on any atom is 0.0462 e. The minimum absolute atomic E-state index is 0. The molecule has 0 aromatic heterocycles. The first-order valence-corrected chi connectivity index (χ1v) is 1.75. The second-order valence-corrected chi connectivity index (χ2v) is 0. The fraction of sp³-hybridized carbons (Fsp3) is 0. The maximum atomic E-state index is 6.50. The quantitative estimate of drug-likeness (QED) is 0.360. The largest absolute Gasteiger partial charge is 0.255 e. The molecule has 0 spiro atoms. The summed E-state index contributed by atoms with van der Waals surface area (Å²) in [7, 11) is 0. The summed E-state index contributed by atoms with van der Waals surface area (Å²) in [5.41, 5.74) is 0. The first kappa shape index (κ1) is 83.6. The van der Waals surface area contributed by atoms with Crippen molar-refractivity contribution in [3.8, 4) is 39.4 Å². The van der Waals surface area contributed by atoms with Gasteiger partial charge in [-0.2, -0.15) is 0 Å². The number of nitrogens with zero attached hydrogens (tertiary/aromatic N) is 6. The molecule has 0 rings (SSSR count). The molecular weight excluding hydrogens is 244 g/mol. The third-order valence-corrected chi connectivity index (χ3v) is 0. The van der Waals surface area contributed by atoms with E-state index in [0.29, 0.717) is 0 Å². The van der Waals surface area contributed by atoms with Crippen molar-refractivity contribution in [3.63, 3.8) is 0 Å². The molecule has 0 heterocycles. The first-order chi connectivity index (χ1) is 7.00. The minimum Gasteiger partial charge on any atom is -0.255 e. The Labute approximate surface area is 99.1 Å². The van der Waals surface area contributed by atoms with Gasteiger partial charge in [0.25, 0.3) is 0 Å². The van der Waals surface area contributed by atoms with Crippen LogP contribution in [0.15, 0.2) is 0 Å². The van der Waals surface area contributed by atoms with E-state index in [1.54, 1.807) is 0 Å². The Balaban J connectivity index is -0.00000000628. The van der Waals surface area contributed by atoms with Crippen LogP contribution in [0.2, 0.25) is 0 Å². The number of hydrogen-bond acceptors (Lipinski definition) is 8. The molecule has 0 atom stereocenters. The predicted molar refractivity (Wildman–Crippen MR) is 45.3 cm³/mol. The van der Waals surface area contributed by atoms with Crippen LogP contribution in [0, 0.1) is 71.0 Å². The van der Waals surface area contributed by atoms with E-state index in [2.05, 4.69) is 39.4 Å². The van der Waals surface area contributed by atoms with Crippen molar-refractivity contribution in [2.75, 3.05) is 0 Å². The van der Waals surface area contributed by atoms with E-state index in [-0.39, 0.29) is 17.1 Å². The molecule has 0 unspecified atom stereocenters. The summed E-state index contributed by atoms with van der Waals surface area (Å²) in [6, 6.07) is 0. The molecule has 0 aliphatic heterocycles. The molecule has 0 radical (unpaired) electrons. The van der Waals surface area contributed by atoms with E-state index in [1.165, 1.54) is 0 Å². The van der Waals surface area contributed by atoms with Gasteiger partial charge in [-0.25, -0.2) is 31.6 Å². The average molecular weight is 252 g/mol. The zero-order valence-electron chi connectivity index (χ0n) is 7.40. The van der Waals surface area contributed by atoms with E-state index >= 15 is 0 Å². The number of nitriles is 6. The van der Waals surface area contributed by atoms with Crippen molar-refractivity contribution < 1.29 is 27.6 Å². The Hall–Kier alpha value is -2.62. The predicted octanol–water partition coefficient (Wildman–Crippen LogP) is 0.854. The second-order valence-electron chi connectivity index (χ2n) is 0. The Morgan fingerprint density at radius 3 is 0.400 bits per heavy atom. The SMILES string of the molecule is C#N.C#N.C#N.C#N.C#N.C#N.OO.[Fe]. The summed E-state index contributed by atoms with van der Waals surface area (Å²) in [6.07, 6.45) is 0. The van der Waals surface area contributed by atoms with Crippen molar-refractivity contribution in [3.05, 3.63) is 0 Å². The van der Waals surface area contributed by atoms with Crippen molar-refractivity contribution in [1.82, 2.24) is 0 Å². The summed E-state index contributed by atoms with van der Waals surface area (Å²) in [6.45, 7) is 21.0. The van der Waals surface area contributed by atoms with Gasteiger partial charge in [-0.1, -0.05) is 0 Å². The third-order valence-electron chi connectivity index (χ3n) is 0. The van der Waals surface area contributed by atoms with Gasteiger partial charge >= 0.3 is 0 Å². The minimum atomic E-state index is 0. The zero-order valence-corrected chi connectivity index (χ0v) is 8.50. The van der Waals surface area contributed by atoms with E-state index in [1.807, 2.05) is 0 Å². The zero-order chi connectivity index (χ0) is 14.0. The standard InChI is InChI=1S/6CHN.Fe.H2O2/c6*1-2;;1-2/h6*1H;;1-2H. The van der Waals surface area contributed by atoms with Gasteiger partial charge in [-0.15, -0.1) is 0 Å². The topological polar surface area (TPSA) is 183 Å². The molecule has 0 aromatic rings. The maximum absolute atomic E-state index is 6.50. The van der Waals surface area contributed by atoms with Gasteiger partial charge in [0, 0.05) is 56.5 Å². The van der Waals surface area contributed by atoms with Crippen LogP contribution in [-0.4, -0.2) is 10.5 Å². The summed E-state index contributed by atoms with van der Waals surface area (Å²) in [4.78, 5) is 0. The summed E-state index contributed by atoms with van der Waals surface area (Å²) in [5.74, 6) is 0. The molecule has 9 heteroatoms. The molecule has 8 nitrogen and oxygen atoms in total. The Morgan fingerprint density at radius 1 is 0.400 bits per heavy atom. The van der Waals surface area contributed by atoms with Gasteiger partial charge in [0.15, 0.2) is 0 Å². The van der Waals surface area contributed by atoms with Crippen molar-refractivity contribution in [2.45, 2.75) is 0 Å². The molecule has 0 saturated heterocycles. The Bertz CT molecular complexity index is 101. The number of hydrogen-bond donors (Lipinski definition) is 2. The summed E-state index contributed by atoms with van der Waals surface area (Å²) >= 11 is 0. The van der Waals surface area contributed by atoms with Gasteiger partial charge in [-0.3, -0.25) is 10.5 Å². The van der Waals surface area contributed by atoms with Crippen LogP contribution in [0.1, 0.15) is 0 Å². The van der Waals surface area contributed by atoms with Gasteiger partial charge < -0.3 is 0 Å². The van der Waals surface area contributed by atoms with Crippen LogP contribution in [0.4, 0.5) is 0 Å². The van der Waals surface area contributed by atoms with Crippen molar-refractivity contribution >= 4 is 0 Å². The molecule has 0 saturated carbocycles. The van der Waals surface area contributed by atoms with Crippen LogP contribution in [0.3, 0.4) is 0 Å². The molecule has 0 fully saturated rings. The van der Waals surface area contributed by atoms with Crippen molar-refractivity contribution in [2.24, 2.45) is 0 Å². The molecule has 0 bridgehead atoms. The fourth-order valence-electron chi connectivity index (χ4n) is 0. The normalized spacial score (nSPS) is 1.20. The monoisotopic (exact) mass is 252 g/mol. The van der Waals surface area contributed by atoms with Crippen LogP contribution in [0.5, 0.6) is 0 Å². The molecule has 0 amide bonds. The molecule has 0 aliphatic rings. The van der Waals surface area contributed by atoms with E-state index in [9.17, 15) is 0 Å². The summed E-state index contributed by atoms with van der Waals surface area (Å²) < 4.78 is 0.